The molecule has 1 N–H and O–H groups in total. The van der Waals surface area contributed by atoms with Crippen LogP contribution in [-0.4, -0.2) is 31.1 Å². The molecule has 1 heterocycles. The van der Waals surface area contributed by atoms with E-state index in [4.69, 9.17) is 0 Å². The molecule has 0 radical (unpaired) electrons. The summed E-state index contributed by atoms with van der Waals surface area (Å²) in [6.45, 7) is 4.40. The lowest BCUT2D eigenvalue weighted by molar-refractivity contribution is 0.320. The van der Waals surface area contributed by atoms with Gasteiger partial charge >= 0.3 is 0 Å². The molecule has 1 aliphatic heterocycles. The van der Waals surface area contributed by atoms with Crippen molar-refractivity contribution in [3.8, 4) is 0 Å². The van der Waals surface area contributed by atoms with Crippen molar-refractivity contribution in [1.29, 1.82) is 0 Å². The number of nitrogens with zero attached hydrogens (tertiary/aromatic N) is 1. The zero-order valence-electron chi connectivity index (χ0n) is 4.48. The average Bonchev–Trinajstić information content (AvgIpc) is 1.69. The van der Waals surface area contributed by atoms with Crippen LogP contribution in [0, 0.1) is 7.05 Å². The molecule has 1 saturated heterocycles. The van der Waals surface area contributed by atoms with Crippen molar-refractivity contribution >= 4 is 0 Å². The van der Waals surface area contributed by atoms with E-state index in [0.29, 0.717) is 0 Å². The molecule has 0 bridgehead atoms. The number of hydrogen-bond acceptors (Lipinski definition) is 2. The molecule has 0 aromatic rings. The molecule has 7 heavy (non-hydrogen) atoms. The largest absolute Gasteiger partial charge is 0.457 e. The van der Waals surface area contributed by atoms with Gasteiger partial charge in [-0.3, -0.25) is 7.05 Å². The molecule has 42 valence electrons. The molecule has 0 aromatic heterocycles. The van der Waals surface area contributed by atoms with E-state index >= 15 is 0 Å². The average molecular weight is 99.2 g/mol. The molecule has 0 saturated carbocycles. The van der Waals surface area contributed by atoms with Gasteiger partial charge in [-0.2, -0.15) is 0 Å². The first-order valence-corrected chi connectivity index (χ1v) is 2.66. The van der Waals surface area contributed by atoms with Crippen molar-refractivity contribution in [1.82, 2.24) is 10.2 Å². The monoisotopic (exact) mass is 99.1 g/mol. The lowest BCUT2D eigenvalue weighted by atomic mass is 10.4. The van der Waals surface area contributed by atoms with E-state index in [0.717, 1.165) is 26.2 Å². The Labute approximate surface area is 44.5 Å². The minimum absolute atomic E-state index is 1.10. The molecule has 2 heteroatoms. The Hall–Kier alpha value is -0.0800. The summed E-state index contributed by atoms with van der Waals surface area (Å²) in [7, 11) is 3.79. The summed E-state index contributed by atoms with van der Waals surface area (Å²) in [5, 5.41) is 3.23. The number of nitrogens with one attached hydrogen (secondary N) is 1. The maximum Gasteiger partial charge on any atom is 0.00555 e. The van der Waals surface area contributed by atoms with Crippen LogP contribution >= 0.6 is 0 Å². The topological polar surface area (TPSA) is 15.3 Å². The SMILES string of the molecule is [CH2-]N1CCNCC1. The van der Waals surface area contributed by atoms with Gasteiger partial charge in [0, 0.05) is 13.1 Å². The fraction of sp³-hybridized carbons (Fsp3) is 0.800. The van der Waals surface area contributed by atoms with Gasteiger partial charge in [0.1, 0.15) is 0 Å². The lowest BCUT2D eigenvalue weighted by Crippen LogP contribution is -2.39. The lowest BCUT2D eigenvalue weighted by Gasteiger charge is -2.29. The molecule has 0 spiro atoms. The number of rotatable bonds is 0. The summed E-state index contributed by atoms with van der Waals surface area (Å²) in [5.74, 6) is 0. The second kappa shape index (κ2) is 2.28. The smallest absolute Gasteiger partial charge is 0.00555 e. The molecular formula is C5H11N2-. The van der Waals surface area contributed by atoms with E-state index in [-0.39, 0.29) is 0 Å². The second-order valence-electron chi connectivity index (χ2n) is 1.87. The van der Waals surface area contributed by atoms with Crippen LogP contribution < -0.4 is 5.32 Å². The van der Waals surface area contributed by atoms with Crippen LogP contribution in [-0.2, 0) is 0 Å². The fourth-order valence-corrected chi connectivity index (χ4v) is 0.711. The standard InChI is InChI=1S/C5H11N2/c1-7-4-2-6-3-5-7/h6H,1-5H2/q-1. The summed E-state index contributed by atoms with van der Waals surface area (Å²) >= 11 is 0. The van der Waals surface area contributed by atoms with E-state index in [1.165, 1.54) is 0 Å². The van der Waals surface area contributed by atoms with Crippen LogP contribution in [0.2, 0.25) is 0 Å². The molecule has 0 amide bonds. The first-order chi connectivity index (χ1) is 3.39. The maximum atomic E-state index is 3.79. The highest BCUT2D eigenvalue weighted by molar-refractivity contribution is 4.64. The summed E-state index contributed by atoms with van der Waals surface area (Å²) in [4.78, 5) is 2.08. The molecule has 0 aromatic carbocycles. The fourth-order valence-electron chi connectivity index (χ4n) is 0.711. The molecule has 0 aliphatic carbocycles. The second-order valence-corrected chi connectivity index (χ2v) is 1.87. The van der Waals surface area contributed by atoms with Gasteiger partial charge in [-0.15, -0.1) is 0 Å². The van der Waals surface area contributed by atoms with Crippen molar-refractivity contribution in [2.75, 3.05) is 26.2 Å². The van der Waals surface area contributed by atoms with Crippen molar-refractivity contribution < 1.29 is 0 Å². The third kappa shape index (κ3) is 1.45. The van der Waals surface area contributed by atoms with Gasteiger partial charge in [-0.1, -0.05) is 0 Å². The Morgan fingerprint density at radius 1 is 1.29 bits per heavy atom. The number of hydrogen-bond donors (Lipinski definition) is 1. The maximum absolute atomic E-state index is 3.79. The Balaban J connectivity index is 2.12. The van der Waals surface area contributed by atoms with Crippen molar-refractivity contribution in [2.24, 2.45) is 0 Å². The summed E-state index contributed by atoms with van der Waals surface area (Å²) in [6, 6.07) is 0. The van der Waals surface area contributed by atoms with E-state index in [1.54, 1.807) is 0 Å². The minimum Gasteiger partial charge on any atom is -0.457 e. The van der Waals surface area contributed by atoms with Crippen molar-refractivity contribution in [2.45, 2.75) is 0 Å². The first-order valence-electron chi connectivity index (χ1n) is 2.66. The van der Waals surface area contributed by atoms with Crippen LogP contribution in [0.25, 0.3) is 0 Å². The zero-order chi connectivity index (χ0) is 5.11. The summed E-state index contributed by atoms with van der Waals surface area (Å²) in [5.41, 5.74) is 0. The quantitative estimate of drug-likeness (QED) is 0.419. The molecule has 1 fully saturated rings. The summed E-state index contributed by atoms with van der Waals surface area (Å²) in [6.07, 6.45) is 0. The van der Waals surface area contributed by atoms with Gasteiger partial charge in [0.25, 0.3) is 0 Å². The van der Waals surface area contributed by atoms with E-state index < -0.39 is 0 Å². The number of piperazine rings is 1. The highest BCUT2D eigenvalue weighted by Gasteiger charge is 1.95. The summed E-state index contributed by atoms with van der Waals surface area (Å²) < 4.78 is 0. The van der Waals surface area contributed by atoms with Crippen LogP contribution in [0.1, 0.15) is 0 Å². The van der Waals surface area contributed by atoms with Gasteiger partial charge in [-0.25, -0.2) is 0 Å². The molecular weight excluding hydrogens is 88.1 g/mol. The van der Waals surface area contributed by atoms with Gasteiger partial charge in [0.15, 0.2) is 0 Å². The predicted octanol–water partition coefficient (Wildman–Crippen LogP) is -0.317. The molecule has 0 unspecified atom stereocenters. The van der Waals surface area contributed by atoms with Crippen LogP contribution in [0.3, 0.4) is 0 Å². The normalized spacial score (nSPS) is 25.3. The zero-order valence-corrected chi connectivity index (χ0v) is 4.48. The third-order valence-electron chi connectivity index (χ3n) is 1.21. The van der Waals surface area contributed by atoms with Gasteiger partial charge in [0.2, 0.25) is 0 Å². The van der Waals surface area contributed by atoms with E-state index in [9.17, 15) is 0 Å². The van der Waals surface area contributed by atoms with E-state index in [1.807, 2.05) is 0 Å². The molecule has 0 atom stereocenters. The van der Waals surface area contributed by atoms with Crippen molar-refractivity contribution in [3.63, 3.8) is 0 Å². The van der Waals surface area contributed by atoms with E-state index in [2.05, 4.69) is 17.3 Å². The van der Waals surface area contributed by atoms with Crippen LogP contribution in [0.15, 0.2) is 0 Å². The molecule has 1 aliphatic rings. The van der Waals surface area contributed by atoms with Gasteiger partial charge in [0.05, 0.1) is 0 Å². The first kappa shape index (κ1) is 5.06. The minimum atomic E-state index is 1.10. The third-order valence-corrected chi connectivity index (χ3v) is 1.21. The molecule has 2 nitrogen and oxygen atoms in total. The van der Waals surface area contributed by atoms with Crippen molar-refractivity contribution in [3.05, 3.63) is 7.05 Å². The predicted molar refractivity (Wildman–Crippen MR) is 29.8 cm³/mol. The van der Waals surface area contributed by atoms with Gasteiger partial charge in [-0.05, 0) is 13.1 Å². The van der Waals surface area contributed by atoms with Crippen LogP contribution in [0.4, 0.5) is 0 Å². The Morgan fingerprint density at radius 2 is 1.86 bits per heavy atom. The molecule has 1 rings (SSSR count). The van der Waals surface area contributed by atoms with Crippen LogP contribution in [0.5, 0.6) is 0 Å². The Bertz CT molecular complexity index is 48.0. The highest BCUT2D eigenvalue weighted by atomic mass is 15.2. The Morgan fingerprint density at radius 3 is 2.14 bits per heavy atom. The van der Waals surface area contributed by atoms with Gasteiger partial charge < -0.3 is 10.2 Å². The highest BCUT2D eigenvalue weighted by Crippen LogP contribution is 1.85. The Kier molecular flexibility index (Phi) is 1.65.